The zero-order chi connectivity index (χ0) is 17.1. The van der Waals surface area contributed by atoms with E-state index in [0.29, 0.717) is 49.9 Å². The van der Waals surface area contributed by atoms with Crippen molar-refractivity contribution in [1.29, 1.82) is 0 Å². The van der Waals surface area contributed by atoms with Gasteiger partial charge < -0.3 is 19.3 Å². The molecule has 0 atom stereocenters. The number of benzene rings is 1. The molecule has 5 nitrogen and oxygen atoms in total. The Morgan fingerprint density at radius 2 is 1.57 bits per heavy atom. The Labute approximate surface area is 137 Å². The number of rotatable bonds is 12. The lowest BCUT2D eigenvalue weighted by atomic mass is 10.2. The molecule has 0 amide bonds. The molecule has 0 aromatic heterocycles. The van der Waals surface area contributed by atoms with Crippen molar-refractivity contribution in [1.82, 2.24) is 0 Å². The quantitative estimate of drug-likeness (QED) is 0.464. The Morgan fingerprint density at radius 1 is 1.04 bits per heavy atom. The van der Waals surface area contributed by atoms with E-state index in [1.807, 2.05) is 6.92 Å². The number of carbonyl (C=O) groups is 1. The fourth-order valence-electron chi connectivity index (χ4n) is 1.77. The highest BCUT2D eigenvalue weighted by Crippen LogP contribution is 2.39. The van der Waals surface area contributed by atoms with Crippen LogP contribution in [0.4, 0.5) is 0 Å². The van der Waals surface area contributed by atoms with Gasteiger partial charge in [0.1, 0.15) is 0 Å². The number of ether oxygens (including phenoxy) is 3. The van der Waals surface area contributed by atoms with Crippen LogP contribution in [-0.2, 0) is 0 Å². The lowest BCUT2D eigenvalue weighted by Gasteiger charge is -2.17. The van der Waals surface area contributed by atoms with Crippen LogP contribution in [0.15, 0.2) is 37.4 Å². The summed E-state index contributed by atoms with van der Waals surface area (Å²) < 4.78 is 17.0. The first-order valence-electron chi connectivity index (χ1n) is 7.65. The maximum atomic E-state index is 11.3. The molecule has 0 aliphatic heterocycles. The number of carboxylic acids is 1. The predicted molar refractivity (Wildman–Crippen MR) is 89.8 cm³/mol. The van der Waals surface area contributed by atoms with Crippen LogP contribution in [0.5, 0.6) is 17.2 Å². The minimum atomic E-state index is -1.05. The summed E-state index contributed by atoms with van der Waals surface area (Å²) >= 11 is 0. The number of hydrogen-bond donors (Lipinski definition) is 1. The molecule has 23 heavy (non-hydrogen) atoms. The van der Waals surface area contributed by atoms with Gasteiger partial charge in [-0.15, -0.1) is 13.2 Å². The van der Waals surface area contributed by atoms with Crippen molar-refractivity contribution in [3.63, 3.8) is 0 Å². The van der Waals surface area contributed by atoms with Gasteiger partial charge >= 0.3 is 5.97 Å². The molecule has 0 aliphatic rings. The van der Waals surface area contributed by atoms with Gasteiger partial charge in [-0.1, -0.05) is 19.1 Å². The van der Waals surface area contributed by atoms with E-state index in [9.17, 15) is 9.90 Å². The topological polar surface area (TPSA) is 65.0 Å². The summed E-state index contributed by atoms with van der Waals surface area (Å²) in [7, 11) is 0. The largest absolute Gasteiger partial charge is 0.489 e. The van der Waals surface area contributed by atoms with E-state index >= 15 is 0 Å². The first-order chi connectivity index (χ1) is 11.1. The minimum Gasteiger partial charge on any atom is -0.489 e. The zero-order valence-electron chi connectivity index (χ0n) is 13.5. The monoisotopic (exact) mass is 320 g/mol. The van der Waals surface area contributed by atoms with Crippen LogP contribution in [-0.4, -0.2) is 30.9 Å². The molecule has 0 bridgehead atoms. The molecular formula is C18H24O5. The molecule has 126 valence electrons. The van der Waals surface area contributed by atoms with E-state index in [-0.39, 0.29) is 5.56 Å². The molecule has 0 unspecified atom stereocenters. The van der Waals surface area contributed by atoms with Crippen LogP contribution in [0.25, 0.3) is 0 Å². The van der Waals surface area contributed by atoms with Crippen molar-refractivity contribution >= 4 is 5.97 Å². The normalized spacial score (nSPS) is 9.96. The Balaban J connectivity index is 3.15. The van der Waals surface area contributed by atoms with Gasteiger partial charge in [0.25, 0.3) is 0 Å². The van der Waals surface area contributed by atoms with Crippen LogP contribution in [0.2, 0.25) is 0 Å². The van der Waals surface area contributed by atoms with Gasteiger partial charge in [-0.25, -0.2) is 4.79 Å². The Bertz CT molecular complexity index is 501. The molecule has 5 heteroatoms. The van der Waals surface area contributed by atoms with Gasteiger partial charge in [0, 0.05) is 0 Å². The van der Waals surface area contributed by atoms with Gasteiger partial charge in [-0.05, 0) is 31.4 Å². The van der Waals surface area contributed by atoms with E-state index in [4.69, 9.17) is 14.2 Å². The minimum absolute atomic E-state index is 0.0936. The van der Waals surface area contributed by atoms with Crippen molar-refractivity contribution in [2.75, 3.05) is 19.8 Å². The molecule has 1 aromatic rings. The third-order valence-electron chi connectivity index (χ3n) is 2.88. The lowest BCUT2D eigenvalue weighted by Crippen LogP contribution is -2.07. The van der Waals surface area contributed by atoms with Gasteiger partial charge in [-0.2, -0.15) is 0 Å². The third-order valence-corrected chi connectivity index (χ3v) is 2.88. The van der Waals surface area contributed by atoms with Crippen molar-refractivity contribution in [2.45, 2.75) is 26.2 Å². The highest BCUT2D eigenvalue weighted by atomic mass is 16.5. The maximum absolute atomic E-state index is 11.3. The van der Waals surface area contributed by atoms with Gasteiger partial charge in [0.15, 0.2) is 11.5 Å². The number of aromatic carboxylic acids is 1. The first kappa shape index (κ1) is 18.6. The van der Waals surface area contributed by atoms with E-state index in [1.54, 1.807) is 12.2 Å². The van der Waals surface area contributed by atoms with Crippen LogP contribution in [0, 0.1) is 0 Å². The third kappa shape index (κ3) is 6.06. The summed E-state index contributed by atoms with van der Waals surface area (Å²) in [6, 6.07) is 2.91. The van der Waals surface area contributed by atoms with E-state index in [2.05, 4.69) is 13.2 Å². The molecule has 0 heterocycles. The molecule has 0 saturated heterocycles. The molecule has 0 spiro atoms. The van der Waals surface area contributed by atoms with Crippen LogP contribution >= 0.6 is 0 Å². The standard InChI is InChI=1S/C18H24O5/c1-4-7-10-21-15-12-14(18(19)20)13-16(22-11-8-5-2)17(15)23-9-6-3/h4-5,12-13H,1-2,6-11H2,3H3,(H,19,20). The Kier molecular flexibility index (Phi) is 8.36. The summed E-state index contributed by atoms with van der Waals surface area (Å²) in [5, 5.41) is 9.26. The average Bonchev–Trinajstić information content (AvgIpc) is 2.54. The molecular weight excluding hydrogens is 296 g/mol. The van der Waals surface area contributed by atoms with Crippen LogP contribution in [0.3, 0.4) is 0 Å². The predicted octanol–water partition coefficient (Wildman–Crippen LogP) is 4.08. The van der Waals surface area contributed by atoms with E-state index < -0.39 is 5.97 Å². The summed E-state index contributed by atoms with van der Waals surface area (Å²) in [6.07, 6.45) is 5.58. The maximum Gasteiger partial charge on any atom is 0.335 e. The smallest absolute Gasteiger partial charge is 0.335 e. The fraction of sp³-hybridized carbons (Fsp3) is 0.389. The summed E-state index contributed by atoms with van der Waals surface area (Å²) in [4.78, 5) is 11.3. The van der Waals surface area contributed by atoms with E-state index in [1.165, 1.54) is 12.1 Å². The second-order valence-electron chi connectivity index (χ2n) is 4.81. The molecule has 1 rings (SSSR count). The molecule has 1 N–H and O–H groups in total. The molecule has 1 aromatic carbocycles. The average molecular weight is 320 g/mol. The van der Waals surface area contributed by atoms with Gasteiger partial charge in [-0.3, -0.25) is 0 Å². The number of carboxylic acid groups (broad SMARTS) is 1. The van der Waals surface area contributed by atoms with Crippen molar-refractivity contribution in [3.8, 4) is 17.2 Å². The van der Waals surface area contributed by atoms with Crippen molar-refractivity contribution in [2.24, 2.45) is 0 Å². The first-order valence-corrected chi connectivity index (χ1v) is 7.65. The fourth-order valence-corrected chi connectivity index (χ4v) is 1.77. The molecule has 0 saturated carbocycles. The summed E-state index contributed by atoms with van der Waals surface area (Å²) in [6.45, 7) is 10.5. The molecule has 0 aliphatic carbocycles. The lowest BCUT2D eigenvalue weighted by molar-refractivity contribution is 0.0695. The van der Waals surface area contributed by atoms with Crippen molar-refractivity contribution < 1.29 is 24.1 Å². The molecule has 0 fully saturated rings. The second-order valence-corrected chi connectivity index (χ2v) is 4.81. The zero-order valence-corrected chi connectivity index (χ0v) is 13.5. The van der Waals surface area contributed by atoms with Gasteiger partial charge in [0.2, 0.25) is 5.75 Å². The number of hydrogen-bond acceptors (Lipinski definition) is 4. The highest BCUT2D eigenvalue weighted by Gasteiger charge is 2.18. The van der Waals surface area contributed by atoms with Crippen LogP contribution in [0.1, 0.15) is 36.5 Å². The van der Waals surface area contributed by atoms with Crippen molar-refractivity contribution in [3.05, 3.63) is 43.0 Å². The summed E-state index contributed by atoms with van der Waals surface area (Å²) in [5.74, 6) is 0.127. The Hall–Kier alpha value is -2.43. The molecule has 0 radical (unpaired) electrons. The summed E-state index contributed by atoms with van der Waals surface area (Å²) in [5.41, 5.74) is 0.0936. The van der Waals surface area contributed by atoms with E-state index in [0.717, 1.165) is 6.42 Å². The van der Waals surface area contributed by atoms with Gasteiger partial charge in [0.05, 0.1) is 25.4 Å². The van der Waals surface area contributed by atoms with Crippen LogP contribution < -0.4 is 14.2 Å². The SMILES string of the molecule is C=CCCOc1cc(C(=O)O)cc(OCCC=C)c1OCCC. The highest BCUT2D eigenvalue weighted by molar-refractivity contribution is 5.89. The Morgan fingerprint density at radius 3 is 1.96 bits per heavy atom. The second kappa shape index (κ2) is 10.3.